The highest BCUT2D eigenvalue weighted by atomic mass is 16.5. The van der Waals surface area contributed by atoms with E-state index in [1.807, 2.05) is 30.3 Å². The van der Waals surface area contributed by atoms with Crippen molar-refractivity contribution in [1.29, 1.82) is 0 Å². The van der Waals surface area contributed by atoms with E-state index in [1.54, 1.807) is 17.9 Å². The Kier molecular flexibility index (Phi) is 7.05. The normalized spacial score (nSPS) is 16.5. The lowest BCUT2D eigenvalue weighted by molar-refractivity contribution is -0.138. The fourth-order valence-corrected chi connectivity index (χ4v) is 3.36. The quantitative estimate of drug-likeness (QED) is 0.691. The minimum absolute atomic E-state index is 0.0927. The molecule has 1 N–H and O–H groups in total. The lowest BCUT2D eigenvalue weighted by Gasteiger charge is -2.32. The van der Waals surface area contributed by atoms with Gasteiger partial charge in [-0.2, -0.15) is 0 Å². The average Bonchev–Trinajstić information content (AvgIpc) is 3.21. The van der Waals surface area contributed by atoms with Gasteiger partial charge >= 0.3 is 5.97 Å². The van der Waals surface area contributed by atoms with Crippen molar-refractivity contribution in [2.24, 2.45) is 5.92 Å². The smallest absolute Gasteiger partial charge is 0.374 e. The van der Waals surface area contributed by atoms with E-state index in [0.29, 0.717) is 31.7 Å². The molecule has 3 rings (SSSR count). The number of hydrogen-bond donors (Lipinski definition) is 1. The number of carbonyl (C=O) groups is 3. The third kappa shape index (κ3) is 5.70. The second-order valence-electron chi connectivity index (χ2n) is 7.02. The number of nitrogens with one attached hydrogen (secondary N) is 1. The summed E-state index contributed by atoms with van der Waals surface area (Å²) in [7, 11) is 0. The second kappa shape index (κ2) is 9.91. The largest absolute Gasteiger partial charge is 0.460 e. The molecular weight excluding hydrogens is 372 g/mol. The zero-order chi connectivity index (χ0) is 20.6. The molecule has 0 radical (unpaired) electrons. The summed E-state index contributed by atoms with van der Waals surface area (Å²) in [6.45, 7) is 3.21. The molecule has 1 atom stereocenters. The van der Waals surface area contributed by atoms with Gasteiger partial charge in [0.1, 0.15) is 5.76 Å². The van der Waals surface area contributed by atoms with E-state index in [0.717, 1.165) is 6.42 Å². The standard InChI is InChI=1S/C22H26N2O5/c1-2-28-22(27)19-10-9-18(29-19)14-23-21(26)17-8-11-20(25)24(15-17)13-12-16-6-4-3-5-7-16/h3-7,9-10,17H,2,8,11-15H2,1H3,(H,23,26). The number of ether oxygens (including phenoxy) is 1. The van der Waals surface area contributed by atoms with Crippen molar-refractivity contribution in [3.8, 4) is 0 Å². The Morgan fingerprint density at radius 3 is 2.76 bits per heavy atom. The molecular formula is C22H26N2O5. The molecule has 7 nitrogen and oxygen atoms in total. The predicted octanol–water partition coefficient (Wildman–Crippen LogP) is 2.55. The number of nitrogens with zero attached hydrogens (tertiary/aromatic N) is 1. The van der Waals surface area contributed by atoms with Crippen molar-refractivity contribution in [3.05, 3.63) is 59.5 Å². The van der Waals surface area contributed by atoms with Crippen molar-refractivity contribution in [3.63, 3.8) is 0 Å². The highest BCUT2D eigenvalue weighted by molar-refractivity contribution is 5.86. The minimum atomic E-state index is -0.523. The molecule has 29 heavy (non-hydrogen) atoms. The van der Waals surface area contributed by atoms with Gasteiger partial charge in [-0.3, -0.25) is 9.59 Å². The molecule has 0 spiro atoms. The van der Waals surface area contributed by atoms with E-state index in [4.69, 9.17) is 9.15 Å². The molecule has 1 unspecified atom stereocenters. The van der Waals surface area contributed by atoms with Gasteiger partial charge in [-0.15, -0.1) is 0 Å². The number of esters is 1. The van der Waals surface area contributed by atoms with E-state index in [1.165, 1.54) is 11.6 Å². The lowest BCUT2D eigenvalue weighted by atomic mass is 9.96. The molecule has 1 saturated heterocycles. The number of hydrogen-bond acceptors (Lipinski definition) is 5. The number of amides is 2. The van der Waals surface area contributed by atoms with Crippen LogP contribution in [0.25, 0.3) is 0 Å². The number of likely N-dealkylation sites (tertiary alicyclic amines) is 1. The Morgan fingerprint density at radius 2 is 2.00 bits per heavy atom. The second-order valence-corrected chi connectivity index (χ2v) is 7.02. The molecule has 2 amide bonds. The van der Waals surface area contributed by atoms with Gasteiger partial charge in [0.2, 0.25) is 17.6 Å². The molecule has 2 heterocycles. The first kappa shape index (κ1) is 20.6. The first-order valence-electron chi connectivity index (χ1n) is 9.92. The maximum atomic E-state index is 12.6. The van der Waals surface area contributed by atoms with Gasteiger partial charge in [0.15, 0.2) is 0 Å². The fraction of sp³-hybridized carbons (Fsp3) is 0.409. The number of rotatable bonds is 8. The van der Waals surface area contributed by atoms with Crippen molar-refractivity contribution in [2.45, 2.75) is 32.7 Å². The van der Waals surface area contributed by atoms with Crippen molar-refractivity contribution < 1.29 is 23.5 Å². The van der Waals surface area contributed by atoms with Crippen LogP contribution >= 0.6 is 0 Å². The first-order valence-corrected chi connectivity index (χ1v) is 9.92. The summed E-state index contributed by atoms with van der Waals surface area (Å²) in [6.07, 6.45) is 1.68. The van der Waals surface area contributed by atoms with Crippen LogP contribution in [0, 0.1) is 5.92 Å². The summed E-state index contributed by atoms with van der Waals surface area (Å²) >= 11 is 0. The first-order chi connectivity index (χ1) is 14.1. The maximum absolute atomic E-state index is 12.6. The summed E-state index contributed by atoms with van der Waals surface area (Å²) < 4.78 is 10.3. The monoisotopic (exact) mass is 398 g/mol. The van der Waals surface area contributed by atoms with E-state index in [-0.39, 0.29) is 36.6 Å². The number of furan rings is 1. The molecule has 0 bridgehead atoms. The van der Waals surface area contributed by atoms with Gasteiger partial charge in [0, 0.05) is 19.5 Å². The van der Waals surface area contributed by atoms with Crippen molar-refractivity contribution >= 4 is 17.8 Å². The third-order valence-corrected chi connectivity index (χ3v) is 4.96. The van der Waals surface area contributed by atoms with Gasteiger partial charge in [-0.1, -0.05) is 30.3 Å². The van der Waals surface area contributed by atoms with Crippen LogP contribution in [0.3, 0.4) is 0 Å². The van der Waals surface area contributed by atoms with Crippen LogP contribution in [0.15, 0.2) is 46.9 Å². The lowest BCUT2D eigenvalue weighted by Crippen LogP contribution is -2.46. The average molecular weight is 398 g/mol. The molecule has 1 aromatic heterocycles. The zero-order valence-corrected chi connectivity index (χ0v) is 16.6. The number of piperidine rings is 1. The van der Waals surface area contributed by atoms with Gasteiger partial charge < -0.3 is 19.4 Å². The Morgan fingerprint density at radius 1 is 1.21 bits per heavy atom. The maximum Gasteiger partial charge on any atom is 0.374 e. The summed E-state index contributed by atoms with van der Waals surface area (Å²) in [5.41, 5.74) is 1.17. The minimum Gasteiger partial charge on any atom is -0.460 e. The van der Waals surface area contributed by atoms with Gasteiger partial charge in [-0.25, -0.2) is 4.79 Å². The fourth-order valence-electron chi connectivity index (χ4n) is 3.36. The Balaban J connectivity index is 1.49. The van der Waals surface area contributed by atoms with Gasteiger partial charge in [0.05, 0.1) is 19.1 Å². The summed E-state index contributed by atoms with van der Waals surface area (Å²) in [4.78, 5) is 38.2. The molecule has 1 aliphatic rings. The van der Waals surface area contributed by atoms with E-state index < -0.39 is 5.97 Å². The van der Waals surface area contributed by atoms with Crippen LogP contribution in [0.1, 0.15) is 41.6 Å². The van der Waals surface area contributed by atoms with Crippen LogP contribution in [0.5, 0.6) is 0 Å². The molecule has 7 heteroatoms. The van der Waals surface area contributed by atoms with Crippen molar-refractivity contribution in [1.82, 2.24) is 10.2 Å². The van der Waals surface area contributed by atoms with Crippen LogP contribution in [0.4, 0.5) is 0 Å². The molecule has 1 fully saturated rings. The highest BCUT2D eigenvalue weighted by Gasteiger charge is 2.30. The molecule has 1 aliphatic heterocycles. The van der Waals surface area contributed by atoms with E-state index in [9.17, 15) is 14.4 Å². The van der Waals surface area contributed by atoms with Crippen LogP contribution < -0.4 is 5.32 Å². The Hall–Kier alpha value is -3.09. The highest BCUT2D eigenvalue weighted by Crippen LogP contribution is 2.19. The molecule has 1 aromatic carbocycles. The van der Waals surface area contributed by atoms with E-state index in [2.05, 4.69) is 5.32 Å². The van der Waals surface area contributed by atoms with Crippen LogP contribution in [-0.2, 0) is 27.3 Å². The Bertz CT molecular complexity index is 846. The van der Waals surface area contributed by atoms with E-state index >= 15 is 0 Å². The molecule has 154 valence electrons. The molecule has 2 aromatic rings. The van der Waals surface area contributed by atoms with Crippen LogP contribution in [-0.4, -0.2) is 42.4 Å². The van der Waals surface area contributed by atoms with Crippen LogP contribution in [0.2, 0.25) is 0 Å². The predicted molar refractivity (Wildman–Crippen MR) is 106 cm³/mol. The zero-order valence-electron chi connectivity index (χ0n) is 16.6. The van der Waals surface area contributed by atoms with Crippen molar-refractivity contribution in [2.75, 3.05) is 19.7 Å². The summed E-state index contributed by atoms with van der Waals surface area (Å²) in [5.74, 6) is -0.194. The summed E-state index contributed by atoms with van der Waals surface area (Å²) in [6, 6.07) is 13.2. The molecule has 0 aliphatic carbocycles. The molecule has 0 saturated carbocycles. The van der Waals surface area contributed by atoms with Gasteiger partial charge in [-0.05, 0) is 37.5 Å². The topological polar surface area (TPSA) is 88.8 Å². The SMILES string of the molecule is CCOC(=O)c1ccc(CNC(=O)C2CCC(=O)N(CCc3ccccc3)C2)o1. The number of benzene rings is 1. The summed E-state index contributed by atoms with van der Waals surface area (Å²) in [5, 5.41) is 2.84. The van der Waals surface area contributed by atoms with Gasteiger partial charge in [0.25, 0.3) is 0 Å². The Labute approximate surface area is 170 Å². The third-order valence-electron chi connectivity index (χ3n) is 4.96. The number of carbonyl (C=O) groups excluding carboxylic acids is 3.